The third-order valence-corrected chi connectivity index (χ3v) is 1.82. The molecule has 0 saturated heterocycles. The van der Waals surface area contributed by atoms with Gasteiger partial charge in [-0.05, 0) is 44.5 Å². The van der Waals surface area contributed by atoms with Gasteiger partial charge in [-0.3, -0.25) is 4.79 Å². The van der Waals surface area contributed by atoms with Crippen molar-refractivity contribution < 1.29 is 9.90 Å². The third kappa shape index (κ3) is 4.64. The summed E-state index contributed by atoms with van der Waals surface area (Å²) >= 11 is 0. The first-order valence-electron chi connectivity index (χ1n) is 5.16. The molecule has 0 aliphatic heterocycles. The molecule has 0 bridgehead atoms. The molecule has 3 nitrogen and oxygen atoms in total. The Morgan fingerprint density at radius 1 is 1.25 bits per heavy atom. The summed E-state index contributed by atoms with van der Waals surface area (Å²) in [6.45, 7) is 5.79. The molecule has 0 unspecified atom stereocenters. The predicted molar refractivity (Wildman–Crippen MR) is 65.0 cm³/mol. The lowest BCUT2D eigenvalue weighted by Gasteiger charge is -2.18. The number of benzene rings is 1. The maximum Gasteiger partial charge on any atom is 0.244 e. The lowest BCUT2D eigenvalue weighted by molar-refractivity contribution is -0.117. The first-order chi connectivity index (χ1) is 7.37. The number of phenols is 1. The second-order valence-electron chi connectivity index (χ2n) is 4.66. The van der Waals surface area contributed by atoms with E-state index < -0.39 is 0 Å². The summed E-state index contributed by atoms with van der Waals surface area (Å²) in [5.41, 5.74) is 0.651. The van der Waals surface area contributed by atoms with Gasteiger partial charge in [-0.15, -0.1) is 0 Å². The molecule has 2 N–H and O–H groups in total. The van der Waals surface area contributed by atoms with Crippen molar-refractivity contribution in [2.45, 2.75) is 26.3 Å². The Balaban J connectivity index is 2.60. The number of carbonyl (C=O) groups excluding carboxylic acids is 1. The van der Waals surface area contributed by atoms with E-state index in [1.807, 2.05) is 20.8 Å². The number of amides is 1. The average Bonchev–Trinajstić information content (AvgIpc) is 2.14. The van der Waals surface area contributed by atoms with E-state index >= 15 is 0 Å². The van der Waals surface area contributed by atoms with Gasteiger partial charge < -0.3 is 10.4 Å². The van der Waals surface area contributed by atoms with Crippen LogP contribution in [0.3, 0.4) is 0 Å². The minimum absolute atomic E-state index is 0.124. The molecule has 0 spiro atoms. The van der Waals surface area contributed by atoms with E-state index in [1.165, 1.54) is 6.08 Å². The van der Waals surface area contributed by atoms with Crippen LogP contribution in [0.4, 0.5) is 0 Å². The van der Waals surface area contributed by atoms with Gasteiger partial charge in [0.15, 0.2) is 0 Å². The molecule has 1 rings (SSSR count). The molecule has 86 valence electrons. The number of phenolic OH excluding ortho intramolecular Hbond substituents is 1. The van der Waals surface area contributed by atoms with E-state index in [0.29, 0.717) is 0 Å². The van der Waals surface area contributed by atoms with Crippen LogP contribution in [0.1, 0.15) is 26.3 Å². The molecule has 0 aliphatic carbocycles. The van der Waals surface area contributed by atoms with Gasteiger partial charge in [-0.25, -0.2) is 0 Å². The average molecular weight is 219 g/mol. The van der Waals surface area contributed by atoms with Crippen molar-refractivity contribution in [1.29, 1.82) is 0 Å². The number of rotatable bonds is 2. The second-order valence-corrected chi connectivity index (χ2v) is 4.66. The SMILES string of the molecule is CC(C)(C)NC(=O)C=Cc1ccc(O)cc1. The Morgan fingerprint density at radius 2 is 1.81 bits per heavy atom. The molecule has 0 heterocycles. The molecule has 0 radical (unpaired) electrons. The highest BCUT2D eigenvalue weighted by Crippen LogP contribution is 2.10. The maximum absolute atomic E-state index is 11.5. The molecule has 1 amide bonds. The van der Waals surface area contributed by atoms with Gasteiger partial charge in [0.1, 0.15) is 5.75 Å². The van der Waals surface area contributed by atoms with Gasteiger partial charge in [-0.2, -0.15) is 0 Å². The maximum atomic E-state index is 11.5. The molecule has 1 aromatic carbocycles. The fourth-order valence-corrected chi connectivity index (χ4v) is 1.17. The van der Waals surface area contributed by atoms with Crippen molar-refractivity contribution in [2.24, 2.45) is 0 Å². The molecule has 3 heteroatoms. The molecule has 0 aliphatic rings. The van der Waals surface area contributed by atoms with E-state index in [0.717, 1.165) is 5.56 Å². The highest BCUT2D eigenvalue weighted by molar-refractivity contribution is 5.92. The van der Waals surface area contributed by atoms with Crippen LogP contribution in [0.15, 0.2) is 30.3 Å². The van der Waals surface area contributed by atoms with Gasteiger partial charge >= 0.3 is 0 Å². The third-order valence-electron chi connectivity index (χ3n) is 1.82. The van der Waals surface area contributed by atoms with Crippen LogP contribution >= 0.6 is 0 Å². The highest BCUT2D eigenvalue weighted by atomic mass is 16.3. The van der Waals surface area contributed by atoms with E-state index in [9.17, 15) is 4.79 Å². The molecular formula is C13H17NO2. The van der Waals surface area contributed by atoms with Gasteiger partial charge in [0.05, 0.1) is 0 Å². The Hall–Kier alpha value is -1.77. The largest absolute Gasteiger partial charge is 0.508 e. The molecule has 0 saturated carbocycles. The van der Waals surface area contributed by atoms with E-state index in [-0.39, 0.29) is 17.2 Å². The van der Waals surface area contributed by atoms with Crippen LogP contribution in [-0.4, -0.2) is 16.6 Å². The van der Waals surface area contributed by atoms with E-state index in [2.05, 4.69) is 5.32 Å². The number of hydrogen-bond donors (Lipinski definition) is 2. The summed E-state index contributed by atoms with van der Waals surface area (Å²) in [7, 11) is 0. The first kappa shape index (κ1) is 12.3. The molecule has 1 aromatic rings. The summed E-state index contributed by atoms with van der Waals surface area (Å²) in [6, 6.07) is 6.66. The quantitative estimate of drug-likeness (QED) is 0.750. The standard InChI is InChI=1S/C13H17NO2/c1-13(2,3)14-12(16)9-6-10-4-7-11(15)8-5-10/h4-9,15H,1-3H3,(H,14,16). The molecule has 0 aromatic heterocycles. The minimum Gasteiger partial charge on any atom is -0.508 e. The summed E-state index contributed by atoms with van der Waals surface area (Å²) in [4.78, 5) is 11.5. The van der Waals surface area contributed by atoms with Crippen molar-refractivity contribution >= 4 is 12.0 Å². The minimum atomic E-state index is -0.226. The number of hydrogen-bond acceptors (Lipinski definition) is 2. The van der Waals surface area contributed by atoms with Crippen LogP contribution in [0.2, 0.25) is 0 Å². The van der Waals surface area contributed by atoms with Crippen molar-refractivity contribution in [1.82, 2.24) is 5.32 Å². The summed E-state index contributed by atoms with van der Waals surface area (Å²) in [5, 5.41) is 11.9. The van der Waals surface area contributed by atoms with Crippen LogP contribution in [0.5, 0.6) is 5.75 Å². The van der Waals surface area contributed by atoms with Crippen LogP contribution < -0.4 is 5.32 Å². The van der Waals surface area contributed by atoms with Gasteiger partial charge in [-0.1, -0.05) is 12.1 Å². The zero-order valence-electron chi connectivity index (χ0n) is 9.82. The molecule has 0 fully saturated rings. The molecule has 0 atom stereocenters. The van der Waals surface area contributed by atoms with Crippen LogP contribution in [0.25, 0.3) is 6.08 Å². The topological polar surface area (TPSA) is 49.3 Å². The van der Waals surface area contributed by atoms with E-state index in [1.54, 1.807) is 30.3 Å². The van der Waals surface area contributed by atoms with Gasteiger partial charge in [0.2, 0.25) is 5.91 Å². The first-order valence-corrected chi connectivity index (χ1v) is 5.16. The fraction of sp³-hybridized carbons (Fsp3) is 0.308. The number of carbonyl (C=O) groups is 1. The second kappa shape index (κ2) is 4.84. The Labute approximate surface area is 95.8 Å². The number of aromatic hydroxyl groups is 1. The summed E-state index contributed by atoms with van der Waals surface area (Å²) in [5.74, 6) is 0.0943. The zero-order chi connectivity index (χ0) is 12.2. The van der Waals surface area contributed by atoms with Crippen LogP contribution in [-0.2, 0) is 4.79 Å². The smallest absolute Gasteiger partial charge is 0.244 e. The lowest BCUT2D eigenvalue weighted by Crippen LogP contribution is -2.39. The molecular weight excluding hydrogens is 202 g/mol. The highest BCUT2D eigenvalue weighted by Gasteiger charge is 2.10. The van der Waals surface area contributed by atoms with Crippen LogP contribution in [0, 0.1) is 0 Å². The Morgan fingerprint density at radius 3 is 2.31 bits per heavy atom. The molecule has 16 heavy (non-hydrogen) atoms. The summed E-state index contributed by atoms with van der Waals surface area (Å²) < 4.78 is 0. The van der Waals surface area contributed by atoms with Crippen molar-refractivity contribution in [2.75, 3.05) is 0 Å². The Kier molecular flexibility index (Phi) is 3.72. The fourth-order valence-electron chi connectivity index (χ4n) is 1.17. The van der Waals surface area contributed by atoms with Crippen molar-refractivity contribution in [3.05, 3.63) is 35.9 Å². The zero-order valence-corrected chi connectivity index (χ0v) is 9.82. The van der Waals surface area contributed by atoms with Crippen molar-refractivity contribution in [3.8, 4) is 5.75 Å². The van der Waals surface area contributed by atoms with E-state index in [4.69, 9.17) is 5.11 Å². The predicted octanol–water partition coefficient (Wildman–Crippen LogP) is 2.32. The number of nitrogens with one attached hydrogen (secondary N) is 1. The van der Waals surface area contributed by atoms with Gasteiger partial charge in [0.25, 0.3) is 0 Å². The lowest BCUT2D eigenvalue weighted by atomic mass is 10.1. The Bertz CT molecular complexity index is 385. The monoisotopic (exact) mass is 219 g/mol. The normalized spacial score (nSPS) is 11.7. The van der Waals surface area contributed by atoms with Gasteiger partial charge in [0, 0.05) is 11.6 Å². The summed E-state index contributed by atoms with van der Waals surface area (Å²) in [6.07, 6.45) is 3.19. The van der Waals surface area contributed by atoms with Crippen molar-refractivity contribution in [3.63, 3.8) is 0 Å².